The molecule has 1 saturated carbocycles. The third-order valence-electron chi connectivity index (χ3n) is 5.79. The normalized spacial score (nSPS) is 20.3. The van der Waals surface area contributed by atoms with Crippen LogP contribution in [0.15, 0.2) is 60.7 Å². The van der Waals surface area contributed by atoms with Crippen molar-refractivity contribution in [3.05, 3.63) is 98.0 Å². The van der Waals surface area contributed by atoms with Gasteiger partial charge in [0.2, 0.25) is 5.91 Å². The highest BCUT2D eigenvalue weighted by atomic mass is 35.5. The molecule has 1 aliphatic carbocycles. The van der Waals surface area contributed by atoms with Crippen LogP contribution in [-0.4, -0.2) is 16.1 Å². The van der Waals surface area contributed by atoms with Gasteiger partial charge in [-0.15, -0.1) is 0 Å². The van der Waals surface area contributed by atoms with Crippen molar-refractivity contribution in [1.29, 1.82) is 5.26 Å². The Morgan fingerprint density at radius 2 is 1.56 bits per heavy atom. The number of nitrogens with one attached hydrogen (secondary N) is 1. The summed E-state index contributed by atoms with van der Waals surface area (Å²) in [5.41, 5.74) is 6.17. The van der Waals surface area contributed by atoms with E-state index in [1.165, 1.54) is 36.4 Å². The first kappa shape index (κ1) is 24.7. The topological polar surface area (TPSA) is 96.0 Å². The van der Waals surface area contributed by atoms with Crippen LogP contribution in [0.2, 0.25) is 15.1 Å². The number of halogens is 5. The summed E-state index contributed by atoms with van der Waals surface area (Å²) in [5.74, 6) is -1.97. The number of hydrogen-bond donors (Lipinski definition) is 2. The van der Waals surface area contributed by atoms with E-state index in [0.29, 0.717) is 32.3 Å². The fraction of sp³-hybridized carbons (Fsp3) is 0.125. The second-order valence-electron chi connectivity index (χ2n) is 7.77. The summed E-state index contributed by atoms with van der Waals surface area (Å²) in [5, 5.41) is 12.6. The Labute approximate surface area is 220 Å². The lowest BCUT2D eigenvalue weighted by Gasteiger charge is -2.18. The quantitative estimate of drug-likeness (QED) is 0.355. The molecule has 4 rings (SSSR count). The van der Waals surface area contributed by atoms with Crippen molar-refractivity contribution in [2.24, 2.45) is 5.73 Å². The maximum atomic E-state index is 12.8. The van der Waals surface area contributed by atoms with Gasteiger partial charge in [0, 0.05) is 21.5 Å². The van der Waals surface area contributed by atoms with Crippen LogP contribution < -0.4 is 11.1 Å². The highest BCUT2D eigenvalue weighted by molar-refractivity contribution is 6.55. The first-order valence-electron chi connectivity index (χ1n) is 9.77. The van der Waals surface area contributed by atoms with E-state index in [-0.39, 0.29) is 10.7 Å². The Balaban J connectivity index is 1.74. The van der Waals surface area contributed by atoms with Gasteiger partial charge in [-0.2, -0.15) is 5.26 Å². The SMILES string of the molecule is N#Cc1ccc(C(=O)Nc2cc(C3(C(N)=O)C(c4cc(Cl)cc(Cl)c4)C3(Cl)Cl)ccc2Cl)cc1. The van der Waals surface area contributed by atoms with Crippen LogP contribution in [0, 0.1) is 11.3 Å². The molecule has 3 N–H and O–H groups in total. The van der Waals surface area contributed by atoms with Gasteiger partial charge in [-0.05, 0) is 65.7 Å². The first-order chi connectivity index (χ1) is 16.0. The van der Waals surface area contributed by atoms with E-state index in [9.17, 15) is 9.59 Å². The number of hydrogen-bond acceptors (Lipinski definition) is 3. The van der Waals surface area contributed by atoms with Crippen LogP contribution >= 0.6 is 58.0 Å². The largest absolute Gasteiger partial charge is 0.369 e. The van der Waals surface area contributed by atoms with Crippen molar-refractivity contribution < 1.29 is 9.59 Å². The zero-order valence-corrected chi connectivity index (χ0v) is 20.9. The molecule has 0 spiro atoms. The fourth-order valence-electron chi connectivity index (χ4n) is 4.17. The van der Waals surface area contributed by atoms with E-state index < -0.39 is 27.5 Å². The Bertz CT molecular complexity index is 1350. The van der Waals surface area contributed by atoms with E-state index in [1.807, 2.05) is 6.07 Å². The summed E-state index contributed by atoms with van der Waals surface area (Å²) in [4.78, 5) is 25.5. The number of nitrogens with zero attached hydrogens (tertiary/aromatic N) is 1. The molecular weight excluding hydrogens is 540 g/mol. The van der Waals surface area contributed by atoms with Gasteiger partial charge in [0.1, 0.15) is 9.75 Å². The summed E-state index contributed by atoms with van der Waals surface area (Å²) in [7, 11) is 0. The van der Waals surface area contributed by atoms with Crippen LogP contribution in [0.25, 0.3) is 0 Å². The van der Waals surface area contributed by atoms with Gasteiger partial charge in [-0.3, -0.25) is 9.59 Å². The van der Waals surface area contributed by atoms with Gasteiger partial charge >= 0.3 is 0 Å². The molecule has 0 radical (unpaired) electrons. The molecule has 0 bridgehead atoms. The molecule has 2 atom stereocenters. The third-order valence-corrected chi connectivity index (χ3v) is 7.59. The Hall–Kier alpha value is -2.46. The molecule has 0 saturated heterocycles. The van der Waals surface area contributed by atoms with Gasteiger partial charge < -0.3 is 11.1 Å². The number of anilines is 1. The standard InChI is InChI=1S/C24H14Cl5N3O2/c25-16-7-14(8-17(26)10-16)20-23(22(31)34,24(20,28)29)15-5-6-18(27)19(9-15)32-21(33)13-3-1-12(11-30)2-4-13/h1-10,20H,(H2,31,34)(H,32,33). The number of nitriles is 1. The molecule has 2 amide bonds. The van der Waals surface area contributed by atoms with E-state index in [1.54, 1.807) is 24.3 Å². The molecule has 34 heavy (non-hydrogen) atoms. The summed E-state index contributed by atoms with van der Waals surface area (Å²) in [6.45, 7) is 0. The second-order valence-corrected chi connectivity index (χ2v) is 10.4. The van der Waals surface area contributed by atoms with Gasteiger partial charge in [-0.1, -0.05) is 64.1 Å². The molecule has 3 aromatic carbocycles. The number of benzene rings is 3. The predicted octanol–water partition coefficient (Wildman–Crippen LogP) is 6.47. The van der Waals surface area contributed by atoms with Crippen LogP contribution in [0.5, 0.6) is 0 Å². The molecule has 0 heterocycles. The maximum Gasteiger partial charge on any atom is 0.255 e. The Morgan fingerprint density at radius 1 is 0.941 bits per heavy atom. The highest BCUT2D eigenvalue weighted by Crippen LogP contribution is 2.74. The molecule has 1 fully saturated rings. The van der Waals surface area contributed by atoms with Crippen LogP contribution in [0.1, 0.15) is 33.0 Å². The first-order valence-corrected chi connectivity index (χ1v) is 11.7. The van der Waals surface area contributed by atoms with E-state index in [4.69, 9.17) is 69.0 Å². The molecular formula is C24H14Cl5N3O2. The van der Waals surface area contributed by atoms with Crippen LogP contribution in [-0.2, 0) is 10.2 Å². The van der Waals surface area contributed by atoms with Crippen LogP contribution in [0.3, 0.4) is 0 Å². The lowest BCUT2D eigenvalue weighted by Crippen LogP contribution is -2.34. The minimum atomic E-state index is -1.60. The monoisotopic (exact) mass is 551 g/mol. The average molecular weight is 554 g/mol. The van der Waals surface area contributed by atoms with Gasteiger partial charge in [0.05, 0.1) is 22.3 Å². The second kappa shape index (κ2) is 8.96. The third kappa shape index (κ3) is 4.00. The van der Waals surface area contributed by atoms with Crippen molar-refractivity contribution in [1.82, 2.24) is 0 Å². The van der Waals surface area contributed by atoms with E-state index >= 15 is 0 Å². The van der Waals surface area contributed by atoms with Crippen molar-refractivity contribution in [3.8, 4) is 6.07 Å². The number of carbonyl (C=O) groups is 2. The van der Waals surface area contributed by atoms with Gasteiger partial charge in [-0.25, -0.2) is 0 Å². The summed E-state index contributed by atoms with van der Waals surface area (Å²) in [6, 6.07) is 17.4. The van der Waals surface area contributed by atoms with Gasteiger partial charge in [0.25, 0.3) is 5.91 Å². The number of alkyl halides is 2. The van der Waals surface area contributed by atoms with Crippen molar-refractivity contribution in [2.75, 3.05) is 5.32 Å². The maximum absolute atomic E-state index is 12.8. The molecule has 10 heteroatoms. The number of carbonyl (C=O) groups excluding carboxylic acids is 2. The minimum absolute atomic E-state index is 0.225. The number of nitrogens with two attached hydrogens (primary N) is 1. The van der Waals surface area contributed by atoms with Crippen LogP contribution in [0.4, 0.5) is 5.69 Å². The van der Waals surface area contributed by atoms with Crippen molar-refractivity contribution >= 4 is 75.5 Å². The van der Waals surface area contributed by atoms with Crippen molar-refractivity contribution in [3.63, 3.8) is 0 Å². The van der Waals surface area contributed by atoms with Crippen molar-refractivity contribution in [2.45, 2.75) is 15.7 Å². The van der Waals surface area contributed by atoms with Gasteiger partial charge in [0.15, 0.2) is 0 Å². The smallest absolute Gasteiger partial charge is 0.255 e. The zero-order valence-electron chi connectivity index (χ0n) is 17.1. The molecule has 2 unspecified atom stereocenters. The molecule has 0 aromatic heterocycles. The molecule has 0 aliphatic heterocycles. The summed E-state index contributed by atoms with van der Waals surface area (Å²) in [6.07, 6.45) is 0. The summed E-state index contributed by atoms with van der Waals surface area (Å²) < 4.78 is -1.60. The molecule has 1 aliphatic rings. The van der Waals surface area contributed by atoms with E-state index in [0.717, 1.165) is 0 Å². The molecule has 172 valence electrons. The fourth-order valence-corrected chi connectivity index (χ4v) is 5.97. The van der Waals surface area contributed by atoms with E-state index in [2.05, 4.69) is 5.32 Å². The summed E-state index contributed by atoms with van der Waals surface area (Å²) >= 11 is 31.9. The highest BCUT2D eigenvalue weighted by Gasteiger charge is 2.80. The lowest BCUT2D eigenvalue weighted by atomic mass is 9.89. The number of rotatable bonds is 5. The molecule has 3 aromatic rings. The Morgan fingerprint density at radius 3 is 2.12 bits per heavy atom. The number of primary amides is 1. The zero-order chi connectivity index (χ0) is 24.8. The predicted molar refractivity (Wildman–Crippen MR) is 135 cm³/mol. The lowest BCUT2D eigenvalue weighted by molar-refractivity contribution is -0.120. The number of amides is 2. The minimum Gasteiger partial charge on any atom is -0.369 e. The average Bonchev–Trinajstić information content (AvgIpc) is 3.32. The molecule has 5 nitrogen and oxygen atoms in total. The Kier molecular flexibility index (Phi) is 6.50.